The maximum Gasteiger partial charge on any atom is 0.416 e. The molecule has 0 radical (unpaired) electrons. The van der Waals surface area contributed by atoms with Gasteiger partial charge in [-0.25, -0.2) is 0 Å². The molecule has 1 aliphatic heterocycles. The Morgan fingerprint density at radius 3 is 2.21 bits per heavy atom. The maximum atomic E-state index is 12.9. The summed E-state index contributed by atoms with van der Waals surface area (Å²) in [6.45, 7) is 5.34. The van der Waals surface area contributed by atoms with Crippen molar-refractivity contribution in [3.8, 4) is 11.1 Å². The van der Waals surface area contributed by atoms with Crippen molar-refractivity contribution < 1.29 is 18.0 Å². The van der Waals surface area contributed by atoms with Crippen LogP contribution in [0, 0.1) is 0 Å². The normalized spacial score (nSPS) is 15.3. The summed E-state index contributed by atoms with van der Waals surface area (Å²) >= 11 is 0. The molecule has 1 unspecified atom stereocenters. The van der Waals surface area contributed by atoms with E-state index in [1.165, 1.54) is 66.4 Å². The summed E-state index contributed by atoms with van der Waals surface area (Å²) in [5.74, 6) is -0.175. The van der Waals surface area contributed by atoms with Crippen molar-refractivity contribution in [2.75, 3.05) is 13.1 Å². The zero-order valence-electron chi connectivity index (χ0n) is 22.1. The molecule has 6 heteroatoms. The molecule has 1 heterocycles. The SMILES string of the molecule is CC(Cc1cccc2cc(CN3CCCCC3)ccc12)NC(=O)c1ccc(-c2ccc(C(F)(F)F)cc2)cc1. The lowest BCUT2D eigenvalue weighted by Crippen LogP contribution is -2.34. The quantitative estimate of drug-likeness (QED) is 0.264. The minimum atomic E-state index is -4.36. The number of alkyl halides is 3. The van der Waals surface area contributed by atoms with E-state index in [0.29, 0.717) is 17.5 Å². The molecule has 0 bridgehead atoms. The third kappa shape index (κ3) is 6.69. The highest BCUT2D eigenvalue weighted by atomic mass is 19.4. The van der Waals surface area contributed by atoms with Crippen LogP contribution in [0.2, 0.25) is 0 Å². The molecular weight excluding hydrogens is 497 g/mol. The lowest BCUT2D eigenvalue weighted by molar-refractivity contribution is -0.137. The summed E-state index contributed by atoms with van der Waals surface area (Å²) in [6.07, 6.45) is 0.243. The Morgan fingerprint density at radius 2 is 1.54 bits per heavy atom. The number of hydrogen-bond donors (Lipinski definition) is 1. The van der Waals surface area contributed by atoms with Gasteiger partial charge in [-0.05, 0) is 103 Å². The van der Waals surface area contributed by atoms with E-state index in [-0.39, 0.29) is 11.9 Å². The standard InChI is InChI=1S/C33H33F3N2O/c1-23(20-28-6-5-7-29-21-24(8-17-31(28)29)22-38-18-3-2-4-19-38)37-32(39)27-11-9-25(10-12-27)26-13-15-30(16-14-26)33(34,35)36/h5-17,21,23H,2-4,18-20,22H2,1H3,(H,37,39). The van der Waals surface area contributed by atoms with Crippen molar-refractivity contribution in [2.45, 2.75) is 51.4 Å². The molecule has 0 aliphatic carbocycles. The van der Waals surface area contributed by atoms with Crippen LogP contribution < -0.4 is 5.32 Å². The van der Waals surface area contributed by atoms with Crippen LogP contribution in [0.25, 0.3) is 21.9 Å². The molecular formula is C33H33F3N2O. The average Bonchev–Trinajstić information content (AvgIpc) is 2.93. The summed E-state index contributed by atoms with van der Waals surface area (Å²) in [6, 6.07) is 24.9. The number of amides is 1. The summed E-state index contributed by atoms with van der Waals surface area (Å²) in [4.78, 5) is 15.4. The first kappa shape index (κ1) is 26.9. The lowest BCUT2D eigenvalue weighted by atomic mass is 9.97. The number of fused-ring (bicyclic) bond motifs is 1. The number of benzene rings is 4. The van der Waals surface area contributed by atoms with E-state index in [9.17, 15) is 18.0 Å². The molecule has 1 fully saturated rings. The van der Waals surface area contributed by atoms with Crippen molar-refractivity contribution >= 4 is 16.7 Å². The molecule has 0 spiro atoms. The van der Waals surface area contributed by atoms with E-state index < -0.39 is 11.7 Å². The fourth-order valence-electron chi connectivity index (χ4n) is 5.41. The summed E-state index contributed by atoms with van der Waals surface area (Å²) in [7, 11) is 0. The third-order valence-electron chi connectivity index (χ3n) is 7.49. The van der Waals surface area contributed by atoms with E-state index in [0.717, 1.165) is 24.2 Å². The minimum absolute atomic E-state index is 0.0780. The maximum absolute atomic E-state index is 12.9. The molecule has 1 N–H and O–H groups in total. The second kappa shape index (κ2) is 11.6. The first-order chi connectivity index (χ1) is 18.8. The molecule has 0 aromatic heterocycles. The van der Waals surface area contributed by atoms with E-state index >= 15 is 0 Å². The molecule has 0 saturated carbocycles. The number of nitrogens with one attached hydrogen (secondary N) is 1. The highest BCUT2D eigenvalue weighted by molar-refractivity contribution is 5.95. The van der Waals surface area contributed by atoms with Crippen LogP contribution >= 0.6 is 0 Å². The van der Waals surface area contributed by atoms with Gasteiger partial charge in [0, 0.05) is 18.2 Å². The van der Waals surface area contributed by atoms with E-state index in [1.54, 1.807) is 24.3 Å². The van der Waals surface area contributed by atoms with E-state index in [2.05, 4.69) is 46.6 Å². The number of piperidine rings is 1. The fraction of sp³-hybridized carbons (Fsp3) is 0.303. The van der Waals surface area contributed by atoms with Crippen LogP contribution in [0.4, 0.5) is 13.2 Å². The van der Waals surface area contributed by atoms with Crippen molar-refractivity contribution in [3.05, 3.63) is 107 Å². The Hall–Kier alpha value is -3.64. The van der Waals surface area contributed by atoms with Crippen molar-refractivity contribution in [3.63, 3.8) is 0 Å². The Balaban J connectivity index is 1.21. The molecule has 3 nitrogen and oxygen atoms in total. The van der Waals surface area contributed by atoms with Crippen LogP contribution in [0.3, 0.4) is 0 Å². The molecule has 4 aromatic carbocycles. The smallest absolute Gasteiger partial charge is 0.349 e. The van der Waals surface area contributed by atoms with Crippen LogP contribution in [0.5, 0.6) is 0 Å². The molecule has 1 aliphatic rings. The van der Waals surface area contributed by atoms with Gasteiger partial charge in [0.05, 0.1) is 5.56 Å². The number of carbonyl (C=O) groups excluding carboxylic acids is 1. The second-order valence-electron chi connectivity index (χ2n) is 10.5. The molecule has 4 aromatic rings. The number of likely N-dealkylation sites (tertiary alicyclic amines) is 1. The van der Waals surface area contributed by atoms with E-state index in [1.807, 2.05) is 6.92 Å². The van der Waals surface area contributed by atoms with Gasteiger partial charge in [0.25, 0.3) is 5.91 Å². The second-order valence-corrected chi connectivity index (χ2v) is 10.5. The molecule has 5 rings (SSSR count). The summed E-state index contributed by atoms with van der Waals surface area (Å²) in [5, 5.41) is 5.52. The first-order valence-electron chi connectivity index (χ1n) is 13.6. The van der Waals surface area contributed by atoms with E-state index in [4.69, 9.17) is 0 Å². The Kier molecular flexibility index (Phi) is 8.03. The Morgan fingerprint density at radius 1 is 0.872 bits per heavy atom. The number of halogens is 3. The topological polar surface area (TPSA) is 32.3 Å². The summed E-state index contributed by atoms with van der Waals surface area (Å²) in [5.41, 5.74) is 3.78. The van der Waals surface area contributed by atoms with Crippen molar-refractivity contribution in [2.24, 2.45) is 0 Å². The van der Waals surface area contributed by atoms with Gasteiger partial charge in [-0.1, -0.05) is 61.0 Å². The number of nitrogens with zero attached hydrogens (tertiary/aromatic N) is 1. The largest absolute Gasteiger partial charge is 0.416 e. The van der Waals surface area contributed by atoms with Crippen molar-refractivity contribution in [1.29, 1.82) is 0 Å². The number of hydrogen-bond acceptors (Lipinski definition) is 2. The van der Waals surface area contributed by atoms with Gasteiger partial charge in [0.15, 0.2) is 0 Å². The minimum Gasteiger partial charge on any atom is -0.349 e. The lowest BCUT2D eigenvalue weighted by Gasteiger charge is -2.26. The predicted octanol–water partition coefficient (Wildman–Crippen LogP) is 7.87. The predicted molar refractivity (Wildman–Crippen MR) is 151 cm³/mol. The fourth-order valence-corrected chi connectivity index (χ4v) is 5.41. The number of carbonyl (C=O) groups is 1. The van der Waals surface area contributed by atoms with Crippen LogP contribution in [0.15, 0.2) is 84.9 Å². The number of rotatable bonds is 7. The first-order valence-corrected chi connectivity index (χ1v) is 13.6. The van der Waals surface area contributed by atoms with Crippen LogP contribution in [-0.4, -0.2) is 29.9 Å². The van der Waals surface area contributed by atoms with Gasteiger partial charge in [-0.3, -0.25) is 9.69 Å². The molecule has 1 atom stereocenters. The van der Waals surface area contributed by atoms with Gasteiger partial charge >= 0.3 is 6.18 Å². The van der Waals surface area contributed by atoms with Gasteiger partial charge in [0.2, 0.25) is 0 Å². The van der Waals surface area contributed by atoms with Crippen molar-refractivity contribution in [1.82, 2.24) is 10.2 Å². The van der Waals surface area contributed by atoms with Gasteiger partial charge < -0.3 is 5.32 Å². The van der Waals surface area contributed by atoms with Gasteiger partial charge in [0.1, 0.15) is 0 Å². The highest BCUT2D eigenvalue weighted by Crippen LogP contribution is 2.31. The molecule has 1 saturated heterocycles. The van der Waals surface area contributed by atoms with Crippen LogP contribution in [0.1, 0.15) is 53.2 Å². The average molecular weight is 531 g/mol. The highest BCUT2D eigenvalue weighted by Gasteiger charge is 2.30. The zero-order valence-corrected chi connectivity index (χ0v) is 22.1. The zero-order chi connectivity index (χ0) is 27.4. The van der Waals surface area contributed by atoms with Crippen LogP contribution in [-0.2, 0) is 19.1 Å². The third-order valence-corrected chi connectivity index (χ3v) is 7.49. The molecule has 202 valence electrons. The Bertz CT molecular complexity index is 1420. The molecule has 39 heavy (non-hydrogen) atoms. The molecule has 1 amide bonds. The monoisotopic (exact) mass is 530 g/mol. The van der Waals surface area contributed by atoms with Gasteiger partial charge in [-0.2, -0.15) is 13.2 Å². The summed E-state index contributed by atoms with van der Waals surface area (Å²) < 4.78 is 38.5. The van der Waals surface area contributed by atoms with Gasteiger partial charge in [-0.15, -0.1) is 0 Å². The Labute approximate surface area is 227 Å².